The molecule has 3 rings (SSSR count). The van der Waals surface area contributed by atoms with E-state index in [1.54, 1.807) is 6.20 Å². The summed E-state index contributed by atoms with van der Waals surface area (Å²) >= 11 is 0. The van der Waals surface area contributed by atoms with Crippen molar-refractivity contribution in [3.63, 3.8) is 0 Å². The average Bonchev–Trinajstić information content (AvgIpc) is 3.15. The molecule has 1 aliphatic heterocycles. The lowest BCUT2D eigenvalue weighted by Gasteiger charge is -2.22. The number of aromatic amines is 1. The maximum absolute atomic E-state index is 12.7. The van der Waals surface area contributed by atoms with E-state index in [9.17, 15) is 4.79 Å². The number of likely N-dealkylation sites (tertiary alicyclic amines) is 1. The fraction of sp³-hybridized carbons (Fsp3) is 0.375. The maximum Gasteiger partial charge on any atom is 0.257 e. The number of hydrogen-bond acceptors (Lipinski definition) is 3. The predicted molar refractivity (Wildman–Crippen MR) is 81.7 cm³/mol. The molecule has 0 radical (unpaired) electrons. The minimum absolute atomic E-state index is 0.0276. The molecule has 0 bridgehead atoms. The van der Waals surface area contributed by atoms with Crippen LogP contribution < -0.4 is 5.73 Å². The summed E-state index contributed by atoms with van der Waals surface area (Å²) in [6.07, 6.45) is 2.57. The van der Waals surface area contributed by atoms with Crippen LogP contribution in [0.5, 0.6) is 0 Å². The van der Waals surface area contributed by atoms with Crippen LogP contribution >= 0.6 is 0 Å². The number of nitrogens with one attached hydrogen (secondary N) is 1. The van der Waals surface area contributed by atoms with Crippen LogP contribution in [0.25, 0.3) is 11.3 Å². The van der Waals surface area contributed by atoms with Crippen LogP contribution in [0.3, 0.4) is 0 Å². The van der Waals surface area contributed by atoms with E-state index in [0.717, 1.165) is 24.2 Å². The number of amides is 1. The van der Waals surface area contributed by atoms with Gasteiger partial charge in [-0.3, -0.25) is 9.89 Å². The highest BCUT2D eigenvalue weighted by atomic mass is 16.2. The first-order valence-electron chi connectivity index (χ1n) is 7.21. The van der Waals surface area contributed by atoms with Crippen molar-refractivity contribution < 1.29 is 4.79 Å². The highest BCUT2D eigenvalue weighted by molar-refractivity contribution is 5.99. The molecule has 2 heterocycles. The van der Waals surface area contributed by atoms with Crippen molar-refractivity contribution in [2.45, 2.75) is 13.3 Å². The number of rotatable bonds is 3. The lowest BCUT2D eigenvalue weighted by atomic mass is 9.90. The predicted octanol–water partition coefficient (Wildman–Crippen LogP) is 1.89. The quantitative estimate of drug-likeness (QED) is 0.903. The van der Waals surface area contributed by atoms with Gasteiger partial charge < -0.3 is 10.6 Å². The van der Waals surface area contributed by atoms with Crippen LogP contribution in [0.2, 0.25) is 0 Å². The van der Waals surface area contributed by atoms with E-state index in [0.29, 0.717) is 18.7 Å². The summed E-state index contributed by atoms with van der Waals surface area (Å²) in [7, 11) is 0. The molecule has 1 unspecified atom stereocenters. The van der Waals surface area contributed by atoms with E-state index in [2.05, 4.69) is 17.1 Å². The normalized spacial score (nSPS) is 21.7. The highest BCUT2D eigenvalue weighted by Gasteiger charge is 2.36. The summed E-state index contributed by atoms with van der Waals surface area (Å²) in [5, 5.41) is 6.99. The zero-order valence-electron chi connectivity index (χ0n) is 12.2. The molecular formula is C16H20N4O. The fourth-order valence-corrected chi connectivity index (χ4v) is 2.81. The number of nitrogens with zero attached hydrogens (tertiary/aromatic N) is 2. The number of nitrogens with two attached hydrogens (primary N) is 1. The van der Waals surface area contributed by atoms with Gasteiger partial charge in [0.25, 0.3) is 5.91 Å². The first-order chi connectivity index (χ1) is 10.1. The number of H-pyrrole nitrogens is 1. The Morgan fingerprint density at radius 3 is 2.86 bits per heavy atom. The van der Waals surface area contributed by atoms with E-state index in [1.165, 1.54) is 0 Å². The fourth-order valence-electron chi connectivity index (χ4n) is 2.81. The lowest BCUT2D eigenvalue weighted by Crippen LogP contribution is -2.34. The van der Waals surface area contributed by atoms with E-state index >= 15 is 0 Å². The monoisotopic (exact) mass is 284 g/mol. The van der Waals surface area contributed by atoms with Crippen molar-refractivity contribution >= 4 is 5.91 Å². The second-order valence-corrected chi connectivity index (χ2v) is 6.02. The van der Waals surface area contributed by atoms with Crippen molar-refractivity contribution in [3.8, 4) is 11.3 Å². The molecule has 1 aliphatic rings. The zero-order chi connectivity index (χ0) is 14.9. The van der Waals surface area contributed by atoms with Crippen LogP contribution in [0.4, 0.5) is 0 Å². The molecule has 0 saturated carbocycles. The Balaban J connectivity index is 1.86. The van der Waals surface area contributed by atoms with Crippen LogP contribution in [0.15, 0.2) is 36.5 Å². The van der Waals surface area contributed by atoms with E-state index in [4.69, 9.17) is 5.73 Å². The molecule has 2 aromatic rings. The van der Waals surface area contributed by atoms with Gasteiger partial charge in [-0.25, -0.2) is 0 Å². The van der Waals surface area contributed by atoms with Crippen LogP contribution in [0.1, 0.15) is 23.7 Å². The smallest absolute Gasteiger partial charge is 0.257 e. The SMILES string of the molecule is CC1(CN)CCN(C(=O)c2cn[nH]c2-c2ccccc2)C1. The Labute approximate surface area is 124 Å². The summed E-state index contributed by atoms with van der Waals surface area (Å²) < 4.78 is 0. The summed E-state index contributed by atoms with van der Waals surface area (Å²) in [5.74, 6) is 0.0276. The molecule has 110 valence electrons. The van der Waals surface area contributed by atoms with Crippen molar-refractivity contribution in [2.24, 2.45) is 11.1 Å². The average molecular weight is 284 g/mol. The molecule has 1 saturated heterocycles. The van der Waals surface area contributed by atoms with Gasteiger partial charge in [-0.15, -0.1) is 0 Å². The van der Waals surface area contributed by atoms with Gasteiger partial charge in [0, 0.05) is 18.7 Å². The van der Waals surface area contributed by atoms with Crippen LogP contribution in [0, 0.1) is 5.41 Å². The third-order valence-electron chi connectivity index (χ3n) is 4.27. The summed E-state index contributed by atoms with van der Waals surface area (Å²) in [5.41, 5.74) is 8.23. The zero-order valence-corrected chi connectivity index (χ0v) is 12.2. The number of carbonyl (C=O) groups excluding carboxylic acids is 1. The Bertz CT molecular complexity index is 637. The summed E-state index contributed by atoms with van der Waals surface area (Å²) in [6.45, 7) is 4.20. The van der Waals surface area contributed by atoms with Gasteiger partial charge in [0.05, 0.1) is 17.5 Å². The number of benzene rings is 1. The molecule has 5 heteroatoms. The minimum atomic E-state index is 0.0276. The molecule has 1 amide bonds. The first-order valence-corrected chi connectivity index (χ1v) is 7.21. The molecule has 1 atom stereocenters. The van der Waals surface area contributed by atoms with E-state index in [1.807, 2.05) is 35.2 Å². The second kappa shape index (κ2) is 5.33. The first kappa shape index (κ1) is 13.8. The summed E-state index contributed by atoms with van der Waals surface area (Å²) in [4.78, 5) is 14.6. The largest absolute Gasteiger partial charge is 0.338 e. The molecular weight excluding hydrogens is 264 g/mol. The van der Waals surface area contributed by atoms with Gasteiger partial charge in [0.15, 0.2) is 0 Å². The standard InChI is InChI=1S/C16H20N4O/c1-16(10-17)7-8-20(11-16)15(21)13-9-18-19-14(13)12-5-3-2-4-6-12/h2-6,9H,7-8,10-11,17H2,1H3,(H,18,19). The van der Waals surface area contributed by atoms with Gasteiger partial charge in [-0.05, 0) is 18.4 Å². The topological polar surface area (TPSA) is 75.0 Å². The molecule has 1 aromatic carbocycles. The van der Waals surface area contributed by atoms with Gasteiger partial charge in [-0.2, -0.15) is 5.10 Å². The van der Waals surface area contributed by atoms with Crippen molar-refractivity contribution in [1.82, 2.24) is 15.1 Å². The third kappa shape index (κ3) is 2.56. The van der Waals surface area contributed by atoms with Crippen molar-refractivity contribution in [2.75, 3.05) is 19.6 Å². The number of hydrogen-bond donors (Lipinski definition) is 2. The molecule has 21 heavy (non-hydrogen) atoms. The minimum Gasteiger partial charge on any atom is -0.338 e. The Morgan fingerprint density at radius 1 is 1.43 bits per heavy atom. The number of aromatic nitrogens is 2. The van der Waals surface area contributed by atoms with Gasteiger partial charge in [0.2, 0.25) is 0 Å². The van der Waals surface area contributed by atoms with Gasteiger partial charge in [0.1, 0.15) is 0 Å². The molecule has 3 N–H and O–H groups in total. The second-order valence-electron chi connectivity index (χ2n) is 6.02. The maximum atomic E-state index is 12.7. The highest BCUT2D eigenvalue weighted by Crippen LogP contribution is 2.31. The van der Waals surface area contributed by atoms with Gasteiger partial charge >= 0.3 is 0 Å². The van der Waals surface area contributed by atoms with Gasteiger partial charge in [-0.1, -0.05) is 37.3 Å². The van der Waals surface area contributed by atoms with E-state index in [-0.39, 0.29) is 11.3 Å². The van der Waals surface area contributed by atoms with Crippen molar-refractivity contribution in [3.05, 3.63) is 42.1 Å². The van der Waals surface area contributed by atoms with Crippen molar-refractivity contribution in [1.29, 1.82) is 0 Å². The van der Waals surface area contributed by atoms with Crippen LogP contribution in [-0.4, -0.2) is 40.6 Å². The summed E-state index contributed by atoms with van der Waals surface area (Å²) in [6, 6.07) is 9.79. The molecule has 0 aliphatic carbocycles. The van der Waals surface area contributed by atoms with Crippen LogP contribution in [-0.2, 0) is 0 Å². The van der Waals surface area contributed by atoms with E-state index < -0.39 is 0 Å². The Hall–Kier alpha value is -2.14. The molecule has 5 nitrogen and oxygen atoms in total. The third-order valence-corrected chi connectivity index (χ3v) is 4.27. The molecule has 0 spiro atoms. The Kier molecular flexibility index (Phi) is 3.51. The lowest BCUT2D eigenvalue weighted by molar-refractivity contribution is 0.0777. The molecule has 1 aromatic heterocycles. The Morgan fingerprint density at radius 2 is 2.19 bits per heavy atom. The number of carbonyl (C=O) groups is 1. The molecule has 1 fully saturated rings.